The van der Waals surface area contributed by atoms with Gasteiger partial charge in [-0.25, -0.2) is 0 Å². The van der Waals surface area contributed by atoms with Crippen LogP contribution in [0.2, 0.25) is 5.15 Å². The predicted octanol–water partition coefficient (Wildman–Crippen LogP) is 3.51. The molecule has 3 rings (SSSR count). The third-order valence-corrected chi connectivity index (χ3v) is 5.78. The van der Waals surface area contributed by atoms with E-state index >= 15 is 0 Å². The van der Waals surface area contributed by atoms with Crippen LogP contribution in [-0.2, 0) is 6.42 Å². The first-order chi connectivity index (χ1) is 13.0. The van der Waals surface area contributed by atoms with E-state index in [-0.39, 0.29) is 28.8 Å². The smallest absolute Gasteiger partial charge is 0.223 e. The lowest BCUT2D eigenvalue weighted by Gasteiger charge is -2.47. The van der Waals surface area contributed by atoms with Crippen molar-refractivity contribution in [2.75, 3.05) is 29.9 Å². The molecular weight excluding hydrogens is 362 g/mol. The lowest BCUT2D eigenvalue weighted by molar-refractivity contribution is 0.00194. The number of rotatable bonds is 9. The van der Waals surface area contributed by atoms with Gasteiger partial charge >= 0.3 is 0 Å². The maximum atomic E-state index is 9.88. The van der Waals surface area contributed by atoms with Gasteiger partial charge in [-0.05, 0) is 37.2 Å². The maximum Gasteiger partial charge on any atom is 0.223 e. The van der Waals surface area contributed by atoms with Crippen LogP contribution in [0, 0.1) is 11.3 Å². The zero-order valence-electron chi connectivity index (χ0n) is 15.5. The first kappa shape index (κ1) is 19.7. The van der Waals surface area contributed by atoms with Crippen molar-refractivity contribution in [2.45, 2.75) is 38.5 Å². The van der Waals surface area contributed by atoms with Gasteiger partial charge in [0.25, 0.3) is 0 Å². The lowest BCUT2D eigenvalue weighted by Crippen LogP contribution is -2.45. The van der Waals surface area contributed by atoms with Gasteiger partial charge in [-0.2, -0.15) is 9.97 Å². The molecule has 1 saturated carbocycles. The summed E-state index contributed by atoms with van der Waals surface area (Å²) in [6, 6.07) is 10.6. The van der Waals surface area contributed by atoms with Crippen molar-refractivity contribution in [1.82, 2.24) is 9.97 Å². The minimum atomic E-state index is -0.122. The lowest BCUT2D eigenvalue weighted by atomic mass is 9.61. The fourth-order valence-electron chi connectivity index (χ4n) is 3.97. The highest BCUT2D eigenvalue weighted by Crippen LogP contribution is 2.47. The molecule has 0 bridgehead atoms. The molecule has 0 saturated heterocycles. The molecular formula is C20H28ClN5O. The number of nitrogens with one attached hydrogen (secondary N) is 1. The van der Waals surface area contributed by atoms with Gasteiger partial charge in [0, 0.05) is 12.0 Å². The number of aryl methyl sites for hydroxylation is 1. The molecule has 0 unspecified atom stereocenters. The average Bonchev–Trinajstić information content (AvgIpc) is 2.64. The van der Waals surface area contributed by atoms with Gasteiger partial charge in [0.15, 0.2) is 11.0 Å². The number of hydrogen-bond acceptors (Lipinski definition) is 6. The molecule has 6 nitrogen and oxygen atoms in total. The number of halogens is 1. The third-order valence-electron chi connectivity index (χ3n) is 5.50. The number of hydrogen-bond donors (Lipinski definition) is 4. The van der Waals surface area contributed by atoms with E-state index in [0.29, 0.717) is 18.3 Å². The number of aliphatic hydroxyl groups is 1. The fourth-order valence-corrected chi connectivity index (χ4v) is 4.15. The number of anilines is 3. The molecule has 0 atom stereocenters. The van der Waals surface area contributed by atoms with Crippen molar-refractivity contribution in [2.24, 2.45) is 11.3 Å². The van der Waals surface area contributed by atoms with Crippen molar-refractivity contribution in [3.8, 4) is 0 Å². The molecule has 0 amide bonds. The maximum absolute atomic E-state index is 9.88. The molecule has 146 valence electrons. The van der Waals surface area contributed by atoms with Crippen LogP contribution in [0.4, 0.5) is 17.5 Å². The quantitative estimate of drug-likeness (QED) is 0.386. The number of benzene rings is 1. The van der Waals surface area contributed by atoms with E-state index in [1.54, 1.807) is 0 Å². The summed E-state index contributed by atoms with van der Waals surface area (Å²) in [6.07, 6.45) is 6.80. The molecule has 0 aliphatic heterocycles. The van der Waals surface area contributed by atoms with E-state index in [4.69, 9.17) is 23.1 Å². The first-order valence-electron chi connectivity index (χ1n) is 9.48. The topological polar surface area (TPSA) is 110 Å². The molecule has 1 aromatic heterocycles. The van der Waals surface area contributed by atoms with Gasteiger partial charge in [-0.15, -0.1) is 0 Å². The van der Waals surface area contributed by atoms with Gasteiger partial charge in [-0.3, -0.25) is 0 Å². The van der Waals surface area contributed by atoms with Crippen LogP contribution < -0.4 is 16.8 Å². The van der Waals surface area contributed by atoms with Crippen LogP contribution in [0.5, 0.6) is 0 Å². The molecule has 1 aromatic carbocycles. The zero-order chi connectivity index (χ0) is 19.3. The summed E-state index contributed by atoms with van der Waals surface area (Å²) in [7, 11) is 0. The van der Waals surface area contributed by atoms with Crippen LogP contribution in [0.25, 0.3) is 0 Å². The van der Waals surface area contributed by atoms with E-state index < -0.39 is 0 Å². The second-order valence-corrected chi connectivity index (χ2v) is 8.01. The van der Waals surface area contributed by atoms with Crippen LogP contribution in [0.1, 0.15) is 37.7 Å². The molecule has 6 N–H and O–H groups in total. The van der Waals surface area contributed by atoms with Crippen molar-refractivity contribution >= 4 is 29.1 Å². The number of unbranched alkanes of at least 4 members (excludes halogenated alkanes) is 1. The Morgan fingerprint density at radius 3 is 2.59 bits per heavy atom. The highest BCUT2D eigenvalue weighted by molar-refractivity contribution is 6.32. The van der Waals surface area contributed by atoms with Crippen molar-refractivity contribution in [3.05, 3.63) is 41.0 Å². The summed E-state index contributed by atoms with van der Waals surface area (Å²) >= 11 is 5.94. The average molecular weight is 390 g/mol. The Morgan fingerprint density at radius 2 is 1.89 bits per heavy atom. The van der Waals surface area contributed by atoms with Crippen molar-refractivity contribution in [3.63, 3.8) is 0 Å². The van der Waals surface area contributed by atoms with Gasteiger partial charge in [0.05, 0.1) is 6.61 Å². The monoisotopic (exact) mass is 389 g/mol. The Morgan fingerprint density at radius 1 is 1.15 bits per heavy atom. The molecule has 0 spiro atoms. The SMILES string of the molecule is Nc1nc(Cl)c(N)c(NCC2(CO)CC(CCCCc3ccccc3)C2)n1. The largest absolute Gasteiger partial charge is 0.396 e. The van der Waals surface area contributed by atoms with E-state index in [1.165, 1.54) is 24.8 Å². The molecule has 1 fully saturated rings. The molecule has 2 aromatic rings. The second-order valence-electron chi connectivity index (χ2n) is 7.65. The third kappa shape index (κ3) is 5.02. The normalized spacial score (nSPS) is 21.6. The molecule has 1 aliphatic carbocycles. The van der Waals surface area contributed by atoms with Gasteiger partial charge in [0.2, 0.25) is 5.95 Å². The van der Waals surface area contributed by atoms with E-state index in [0.717, 1.165) is 19.3 Å². The Balaban J connectivity index is 1.41. The van der Waals surface area contributed by atoms with E-state index in [2.05, 4.69) is 45.6 Å². The summed E-state index contributed by atoms with van der Waals surface area (Å²) in [6.45, 7) is 0.746. The summed E-state index contributed by atoms with van der Waals surface area (Å²) in [5, 5.41) is 13.2. The Labute approximate surface area is 165 Å². The number of aromatic nitrogens is 2. The zero-order valence-corrected chi connectivity index (χ0v) is 16.3. The molecule has 0 radical (unpaired) electrons. The Bertz CT molecular complexity index is 750. The van der Waals surface area contributed by atoms with Gasteiger partial charge < -0.3 is 21.9 Å². The second kappa shape index (κ2) is 8.76. The minimum absolute atomic E-state index is 0.0830. The van der Waals surface area contributed by atoms with Crippen LogP contribution in [0.15, 0.2) is 30.3 Å². The van der Waals surface area contributed by atoms with Crippen LogP contribution >= 0.6 is 11.6 Å². The molecule has 7 heteroatoms. The first-order valence-corrected chi connectivity index (χ1v) is 9.86. The highest BCUT2D eigenvalue weighted by atomic mass is 35.5. The molecule has 1 heterocycles. The number of nitrogen functional groups attached to an aromatic ring is 2. The van der Waals surface area contributed by atoms with E-state index in [9.17, 15) is 5.11 Å². The Kier molecular flexibility index (Phi) is 6.39. The van der Waals surface area contributed by atoms with Crippen LogP contribution in [0.3, 0.4) is 0 Å². The minimum Gasteiger partial charge on any atom is -0.396 e. The summed E-state index contributed by atoms with van der Waals surface area (Å²) < 4.78 is 0. The van der Waals surface area contributed by atoms with E-state index in [1.807, 2.05) is 0 Å². The van der Waals surface area contributed by atoms with Crippen molar-refractivity contribution in [1.29, 1.82) is 0 Å². The summed E-state index contributed by atoms with van der Waals surface area (Å²) in [5.74, 6) is 1.19. The fraction of sp³-hybridized carbons (Fsp3) is 0.500. The number of nitrogens with two attached hydrogens (primary N) is 2. The molecule has 27 heavy (non-hydrogen) atoms. The van der Waals surface area contributed by atoms with Crippen LogP contribution in [-0.4, -0.2) is 28.2 Å². The summed E-state index contributed by atoms with van der Waals surface area (Å²) in [4.78, 5) is 7.93. The predicted molar refractivity (Wildman–Crippen MR) is 111 cm³/mol. The number of aliphatic hydroxyl groups excluding tert-OH is 1. The Hall–Kier alpha value is -2.05. The van der Waals surface area contributed by atoms with Crippen molar-refractivity contribution < 1.29 is 5.11 Å². The number of nitrogens with zero attached hydrogens (tertiary/aromatic N) is 2. The highest BCUT2D eigenvalue weighted by Gasteiger charge is 2.43. The molecule has 1 aliphatic rings. The summed E-state index contributed by atoms with van der Waals surface area (Å²) in [5.41, 5.74) is 13.1. The van der Waals surface area contributed by atoms with Gasteiger partial charge in [-0.1, -0.05) is 54.8 Å². The van der Waals surface area contributed by atoms with Gasteiger partial charge in [0.1, 0.15) is 5.69 Å². The standard InChI is InChI=1S/C20H28ClN5O/c21-17-16(22)18(26-19(23)25-17)24-12-20(13-27)10-15(11-20)9-5-4-8-14-6-2-1-3-7-14/h1-3,6-7,15,27H,4-5,8-13,22H2,(H3,23,24,25,26).